The molecular formula is C21H27NO4. The van der Waals surface area contributed by atoms with E-state index in [0.29, 0.717) is 30.3 Å². The standard InChI is InChI=1S/C21H27NO4/c1-6-25-19-13-10-17(14-20(19)26-7-2)21(23)22(4)15(3)16-8-11-18(24-5)12-9-16/h8-15H,6-7H2,1-5H3. The maximum absolute atomic E-state index is 12.9. The Kier molecular flexibility index (Phi) is 6.89. The van der Waals surface area contributed by atoms with Crippen molar-refractivity contribution in [2.24, 2.45) is 0 Å². The summed E-state index contributed by atoms with van der Waals surface area (Å²) in [6.07, 6.45) is 0. The molecule has 26 heavy (non-hydrogen) atoms. The number of nitrogens with zero attached hydrogens (tertiary/aromatic N) is 1. The van der Waals surface area contributed by atoms with E-state index in [1.807, 2.05) is 45.0 Å². The second-order valence-electron chi connectivity index (χ2n) is 5.89. The quantitative estimate of drug-likeness (QED) is 0.706. The smallest absolute Gasteiger partial charge is 0.254 e. The second-order valence-corrected chi connectivity index (χ2v) is 5.89. The lowest BCUT2D eigenvalue weighted by atomic mass is 10.1. The van der Waals surface area contributed by atoms with E-state index in [2.05, 4.69) is 0 Å². The Morgan fingerprint density at radius 2 is 1.62 bits per heavy atom. The van der Waals surface area contributed by atoms with Crippen LogP contribution in [0.5, 0.6) is 17.2 Å². The Morgan fingerprint density at radius 3 is 2.19 bits per heavy atom. The summed E-state index contributed by atoms with van der Waals surface area (Å²) in [4.78, 5) is 14.6. The molecule has 1 atom stereocenters. The third-order valence-corrected chi connectivity index (χ3v) is 4.29. The van der Waals surface area contributed by atoms with Gasteiger partial charge < -0.3 is 19.1 Å². The number of carbonyl (C=O) groups excluding carboxylic acids is 1. The molecule has 0 aromatic heterocycles. The number of amides is 1. The lowest BCUT2D eigenvalue weighted by molar-refractivity contribution is 0.0742. The van der Waals surface area contributed by atoms with E-state index < -0.39 is 0 Å². The van der Waals surface area contributed by atoms with Crippen LogP contribution >= 0.6 is 0 Å². The predicted molar refractivity (Wildman–Crippen MR) is 102 cm³/mol. The fourth-order valence-corrected chi connectivity index (χ4v) is 2.67. The molecule has 0 spiro atoms. The van der Waals surface area contributed by atoms with E-state index in [4.69, 9.17) is 14.2 Å². The van der Waals surface area contributed by atoms with Gasteiger partial charge in [0.05, 0.1) is 26.4 Å². The first-order valence-corrected chi connectivity index (χ1v) is 8.82. The number of hydrogen-bond donors (Lipinski definition) is 0. The number of rotatable bonds is 8. The molecular weight excluding hydrogens is 330 g/mol. The minimum Gasteiger partial charge on any atom is -0.497 e. The highest BCUT2D eigenvalue weighted by Gasteiger charge is 2.20. The summed E-state index contributed by atoms with van der Waals surface area (Å²) in [6.45, 7) is 6.87. The van der Waals surface area contributed by atoms with Crippen LogP contribution in [0.3, 0.4) is 0 Å². The first-order valence-electron chi connectivity index (χ1n) is 8.82. The van der Waals surface area contributed by atoms with Crippen molar-refractivity contribution < 1.29 is 19.0 Å². The molecule has 0 N–H and O–H groups in total. The van der Waals surface area contributed by atoms with E-state index in [1.165, 1.54) is 0 Å². The third kappa shape index (κ3) is 4.48. The minimum atomic E-state index is -0.0736. The molecule has 0 saturated heterocycles. The van der Waals surface area contributed by atoms with Gasteiger partial charge in [-0.2, -0.15) is 0 Å². The molecule has 5 heteroatoms. The van der Waals surface area contributed by atoms with Crippen LogP contribution in [-0.4, -0.2) is 38.2 Å². The summed E-state index contributed by atoms with van der Waals surface area (Å²) < 4.78 is 16.4. The molecule has 0 heterocycles. The number of hydrogen-bond acceptors (Lipinski definition) is 4. The topological polar surface area (TPSA) is 48.0 Å². The molecule has 0 aliphatic rings. The zero-order valence-electron chi connectivity index (χ0n) is 16.1. The van der Waals surface area contributed by atoms with Crippen molar-refractivity contribution in [3.63, 3.8) is 0 Å². The van der Waals surface area contributed by atoms with E-state index in [9.17, 15) is 4.79 Å². The summed E-state index contributed by atoms with van der Waals surface area (Å²) in [6, 6.07) is 13.0. The lowest BCUT2D eigenvalue weighted by Crippen LogP contribution is -2.29. The van der Waals surface area contributed by atoms with Gasteiger partial charge in [-0.3, -0.25) is 4.79 Å². The highest BCUT2D eigenvalue weighted by Crippen LogP contribution is 2.30. The first kappa shape index (κ1) is 19.6. The Hall–Kier alpha value is -2.69. The molecule has 0 bridgehead atoms. The van der Waals surface area contributed by atoms with Gasteiger partial charge in [-0.05, 0) is 56.7 Å². The van der Waals surface area contributed by atoms with Crippen molar-refractivity contribution in [1.82, 2.24) is 4.90 Å². The number of ether oxygens (including phenoxy) is 3. The molecule has 0 aliphatic carbocycles. The van der Waals surface area contributed by atoms with E-state index in [0.717, 1.165) is 11.3 Å². The van der Waals surface area contributed by atoms with Crippen LogP contribution in [0.1, 0.15) is 42.7 Å². The van der Waals surface area contributed by atoms with Gasteiger partial charge >= 0.3 is 0 Å². The normalized spacial score (nSPS) is 11.6. The summed E-state index contributed by atoms with van der Waals surface area (Å²) in [7, 11) is 3.43. The molecule has 1 unspecified atom stereocenters. The molecule has 2 rings (SSSR count). The molecule has 0 saturated carbocycles. The highest BCUT2D eigenvalue weighted by atomic mass is 16.5. The van der Waals surface area contributed by atoms with Crippen LogP contribution in [0.15, 0.2) is 42.5 Å². The predicted octanol–water partition coefficient (Wildman–Crippen LogP) is 4.33. The second kappa shape index (κ2) is 9.13. The van der Waals surface area contributed by atoms with Crippen molar-refractivity contribution in [3.05, 3.63) is 53.6 Å². The lowest BCUT2D eigenvalue weighted by Gasteiger charge is -2.26. The van der Waals surface area contributed by atoms with Gasteiger partial charge in [-0.25, -0.2) is 0 Å². The van der Waals surface area contributed by atoms with Gasteiger partial charge in [0.1, 0.15) is 5.75 Å². The maximum atomic E-state index is 12.9. The first-order chi connectivity index (χ1) is 12.5. The molecule has 1 amide bonds. The monoisotopic (exact) mass is 357 g/mol. The molecule has 0 radical (unpaired) electrons. The zero-order valence-corrected chi connectivity index (χ0v) is 16.1. The molecule has 2 aromatic carbocycles. The van der Waals surface area contributed by atoms with Crippen molar-refractivity contribution in [3.8, 4) is 17.2 Å². The van der Waals surface area contributed by atoms with E-state index in [1.54, 1.807) is 37.3 Å². The summed E-state index contributed by atoms with van der Waals surface area (Å²) in [5.41, 5.74) is 1.61. The van der Waals surface area contributed by atoms with Crippen LogP contribution < -0.4 is 14.2 Å². The van der Waals surface area contributed by atoms with Crippen LogP contribution in [0.2, 0.25) is 0 Å². The fraction of sp³-hybridized carbons (Fsp3) is 0.381. The number of benzene rings is 2. The molecule has 140 valence electrons. The maximum Gasteiger partial charge on any atom is 0.254 e. The van der Waals surface area contributed by atoms with E-state index >= 15 is 0 Å². The summed E-state index contributed by atoms with van der Waals surface area (Å²) in [5.74, 6) is 1.96. The van der Waals surface area contributed by atoms with Gasteiger partial charge in [0, 0.05) is 12.6 Å². The fourth-order valence-electron chi connectivity index (χ4n) is 2.67. The summed E-state index contributed by atoms with van der Waals surface area (Å²) in [5, 5.41) is 0. The van der Waals surface area contributed by atoms with Crippen LogP contribution in [0.4, 0.5) is 0 Å². The van der Waals surface area contributed by atoms with Gasteiger partial charge in [-0.15, -0.1) is 0 Å². The summed E-state index contributed by atoms with van der Waals surface area (Å²) >= 11 is 0. The highest BCUT2D eigenvalue weighted by molar-refractivity contribution is 5.95. The van der Waals surface area contributed by atoms with Crippen LogP contribution in [0.25, 0.3) is 0 Å². The van der Waals surface area contributed by atoms with Crippen molar-refractivity contribution in [2.45, 2.75) is 26.8 Å². The average molecular weight is 357 g/mol. The van der Waals surface area contributed by atoms with Gasteiger partial charge in [0.25, 0.3) is 5.91 Å². The van der Waals surface area contributed by atoms with Crippen molar-refractivity contribution >= 4 is 5.91 Å². The Morgan fingerprint density at radius 1 is 1.00 bits per heavy atom. The molecule has 5 nitrogen and oxygen atoms in total. The Bertz CT molecular complexity index is 727. The number of carbonyl (C=O) groups is 1. The van der Waals surface area contributed by atoms with Crippen molar-refractivity contribution in [1.29, 1.82) is 0 Å². The van der Waals surface area contributed by atoms with Gasteiger partial charge in [0.2, 0.25) is 0 Å². The largest absolute Gasteiger partial charge is 0.497 e. The zero-order chi connectivity index (χ0) is 19.1. The van der Waals surface area contributed by atoms with Crippen LogP contribution in [0, 0.1) is 0 Å². The van der Waals surface area contributed by atoms with Crippen molar-refractivity contribution in [2.75, 3.05) is 27.4 Å². The average Bonchev–Trinajstić information content (AvgIpc) is 2.68. The van der Waals surface area contributed by atoms with E-state index in [-0.39, 0.29) is 11.9 Å². The molecule has 0 fully saturated rings. The Balaban J connectivity index is 2.21. The molecule has 2 aromatic rings. The Labute approximate surface area is 155 Å². The van der Waals surface area contributed by atoms with Crippen LogP contribution in [-0.2, 0) is 0 Å². The molecule has 0 aliphatic heterocycles. The SMILES string of the molecule is CCOc1ccc(C(=O)N(C)C(C)c2ccc(OC)cc2)cc1OCC. The number of methoxy groups -OCH3 is 1. The minimum absolute atomic E-state index is 0.0719. The van der Waals surface area contributed by atoms with Gasteiger partial charge in [0.15, 0.2) is 11.5 Å². The van der Waals surface area contributed by atoms with Gasteiger partial charge in [-0.1, -0.05) is 12.1 Å². The third-order valence-electron chi connectivity index (χ3n) is 4.29.